The molecule has 1 unspecified atom stereocenters. The zero-order valence-electron chi connectivity index (χ0n) is 10.0. The third-order valence-corrected chi connectivity index (χ3v) is 3.43. The molecule has 1 aliphatic rings. The van der Waals surface area contributed by atoms with E-state index in [4.69, 9.17) is 5.73 Å². The Labute approximate surface area is 105 Å². The Kier molecular flexibility index (Phi) is 3.51. The monoisotopic (exact) mass is 252 g/mol. The van der Waals surface area contributed by atoms with Crippen molar-refractivity contribution in [2.45, 2.75) is 31.0 Å². The topological polar surface area (TPSA) is 72.1 Å². The second-order valence-corrected chi connectivity index (χ2v) is 4.88. The van der Waals surface area contributed by atoms with Crippen LogP contribution in [0.15, 0.2) is 11.2 Å². The van der Waals surface area contributed by atoms with Gasteiger partial charge in [0.05, 0.1) is 0 Å². The molecule has 2 N–H and O–H groups in total. The fraction of sp³-hybridized carbons (Fsp3) is 0.545. The molecule has 0 aromatic carbocycles. The lowest BCUT2D eigenvalue weighted by molar-refractivity contribution is -0.119. The Morgan fingerprint density at radius 1 is 1.59 bits per heavy atom. The van der Waals surface area contributed by atoms with Crippen LogP contribution in [0.25, 0.3) is 0 Å². The highest BCUT2D eigenvalue weighted by Gasteiger charge is 2.30. The van der Waals surface area contributed by atoms with Gasteiger partial charge < -0.3 is 10.6 Å². The molecule has 0 spiro atoms. The molecule has 17 heavy (non-hydrogen) atoms. The van der Waals surface area contributed by atoms with Gasteiger partial charge in [-0.1, -0.05) is 11.8 Å². The van der Waals surface area contributed by atoms with Gasteiger partial charge in [0, 0.05) is 18.3 Å². The minimum atomic E-state index is -0.274. The fourth-order valence-corrected chi connectivity index (χ4v) is 2.52. The number of rotatable bonds is 3. The zero-order valence-corrected chi connectivity index (χ0v) is 10.8. The third-order valence-electron chi connectivity index (χ3n) is 2.88. The number of anilines is 1. The summed E-state index contributed by atoms with van der Waals surface area (Å²) >= 11 is 1.50. The van der Waals surface area contributed by atoms with E-state index in [9.17, 15) is 4.79 Å². The van der Waals surface area contributed by atoms with Crippen molar-refractivity contribution in [3.05, 3.63) is 11.8 Å². The minimum Gasteiger partial charge on any atom is -0.368 e. The number of hydrogen-bond acceptors (Lipinski definition) is 5. The molecule has 1 aromatic heterocycles. The van der Waals surface area contributed by atoms with Crippen LogP contribution in [-0.4, -0.2) is 34.7 Å². The number of primary amides is 1. The number of aromatic nitrogens is 2. The van der Waals surface area contributed by atoms with Gasteiger partial charge in [0.15, 0.2) is 5.16 Å². The van der Waals surface area contributed by atoms with E-state index in [0.29, 0.717) is 0 Å². The Hall–Kier alpha value is -1.30. The van der Waals surface area contributed by atoms with E-state index < -0.39 is 0 Å². The average Bonchev–Trinajstić information content (AvgIpc) is 2.77. The first kappa shape index (κ1) is 12.2. The fourth-order valence-electron chi connectivity index (χ4n) is 2.10. The van der Waals surface area contributed by atoms with Gasteiger partial charge in [-0.25, -0.2) is 9.97 Å². The zero-order chi connectivity index (χ0) is 12.4. The molecule has 2 heterocycles. The summed E-state index contributed by atoms with van der Waals surface area (Å²) in [5, 5.41) is 0.732. The van der Waals surface area contributed by atoms with Crippen LogP contribution in [0.5, 0.6) is 0 Å². The summed E-state index contributed by atoms with van der Waals surface area (Å²) in [4.78, 5) is 22.1. The predicted molar refractivity (Wildman–Crippen MR) is 68.1 cm³/mol. The molecule has 0 radical (unpaired) electrons. The first-order valence-corrected chi connectivity index (χ1v) is 6.80. The van der Waals surface area contributed by atoms with E-state index in [1.54, 1.807) is 0 Å². The van der Waals surface area contributed by atoms with Crippen LogP contribution in [0.1, 0.15) is 18.5 Å². The molecule has 0 bridgehead atoms. The molecule has 1 aromatic rings. The summed E-state index contributed by atoms with van der Waals surface area (Å²) in [7, 11) is 0. The maximum atomic E-state index is 11.4. The number of carbonyl (C=O) groups is 1. The number of amides is 1. The molecular formula is C11H16N4OS. The van der Waals surface area contributed by atoms with Crippen molar-refractivity contribution in [1.29, 1.82) is 0 Å². The van der Waals surface area contributed by atoms with Crippen LogP contribution >= 0.6 is 11.8 Å². The van der Waals surface area contributed by atoms with Gasteiger partial charge in [-0.15, -0.1) is 0 Å². The number of thioether (sulfide) groups is 1. The van der Waals surface area contributed by atoms with E-state index in [1.807, 2.05) is 24.1 Å². The normalized spacial score (nSPS) is 19.6. The molecule has 92 valence electrons. The highest BCUT2D eigenvalue weighted by Crippen LogP contribution is 2.25. The number of aryl methyl sites for hydroxylation is 1. The quantitative estimate of drug-likeness (QED) is 0.641. The summed E-state index contributed by atoms with van der Waals surface area (Å²) in [5.74, 6) is 0.535. The summed E-state index contributed by atoms with van der Waals surface area (Å²) in [6.07, 6.45) is 3.73. The summed E-state index contributed by atoms with van der Waals surface area (Å²) in [5.41, 5.74) is 6.32. The smallest absolute Gasteiger partial charge is 0.240 e. The van der Waals surface area contributed by atoms with Crippen molar-refractivity contribution in [2.75, 3.05) is 17.7 Å². The Morgan fingerprint density at radius 2 is 2.35 bits per heavy atom. The van der Waals surface area contributed by atoms with Crippen LogP contribution in [0.3, 0.4) is 0 Å². The number of hydrogen-bond donors (Lipinski definition) is 1. The average molecular weight is 252 g/mol. The lowest BCUT2D eigenvalue weighted by Crippen LogP contribution is -2.40. The summed E-state index contributed by atoms with van der Waals surface area (Å²) in [6.45, 7) is 2.76. The Bertz CT molecular complexity index is 437. The van der Waals surface area contributed by atoms with Gasteiger partial charge in [0.2, 0.25) is 5.91 Å². The molecule has 0 saturated carbocycles. The van der Waals surface area contributed by atoms with Crippen molar-refractivity contribution < 1.29 is 4.79 Å². The molecule has 2 rings (SSSR count). The standard InChI is InChI=1S/C11H16N4OS/c1-7-6-9(14-11(13-7)17-2)15-5-3-4-8(15)10(12)16/h6,8H,3-5H2,1-2H3,(H2,12,16). The van der Waals surface area contributed by atoms with Crippen LogP contribution in [-0.2, 0) is 4.79 Å². The van der Waals surface area contributed by atoms with Crippen LogP contribution < -0.4 is 10.6 Å². The minimum absolute atomic E-state index is 0.223. The van der Waals surface area contributed by atoms with Crippen molar-refractivity contribution in [3.63, 3.8) is 0 Å². The Morgan fingerprint density at radius 3 is 3.00 bits per heavy atom. The lowest BCUT2D eigenvalue weighted by atomic mass is 10.2. The molecule has 1 atom stereocenters. The molecule has 0 aliphatic carbocycles. The summed E-state index contributed by atoms with van der Waals surface area (Å²) < 4.78 is 0. The second-order valence-electron chi connectivity index (χ2n) is 4.11. The summed E-state index contributed by atoms with van der Waals surface area (Å²) in [6, 6.07) is 1.68. The number of nitrogens with zero attached hydrogens (tertiary/aromatic N) is 3. The van der Waals surface area contributed by atoms with Gasteiger partial charge in [0.25, 0.3) is 0 Å². The van der Waals surface area contributed by atoms with Crippen LogP contribution in [0.2, 0.25) is 0 Å². The molecule has 1 fully saturated rings. The lowest BCUT2D eigenvalue weighted by Gasteiger charge is -2.23. The second kappa shape index (κ2) is 4.91. The molecule has 5 nitrogen and oxygen atoms in total. The maximum absolute atomic E-state index is 11.4. The van der Waals surface area contributed by atoms with E-state index >= 15 is 0 Å². The van der Waals surface area contributed by atoms with Gasteiger partial charge in [-0.05, 0) is 26.0 Å². The highest BCUT2D eigenvalue weighted by molar-refractivity contribution is 7.98. The maximum Gasteiger partial charge on any atom is 0.240 e. The molecule has 6 heteroatoms. The molecular weight excluding hydrogens is 236 g/mol. The van der Waals surface area contributed by atoms with E-state index in [2.05, 4.69) is 9.97 Å². The largest absolute Gasteiger partial charge is 0.368 e. The van der Waals surface area contributed by atoms with Crippen LogP contribution in [0.4, 0.5) is 5.82 Å². The number of nitrogens with two attached hydrogens (primary N) is 1. The molecule has 1 saturated heterocycles. The van der Waals surface area contributed by atoms with Gasteiger partial charge in [-0.3, -0.25) is 4.79 Å². The predicted octanol–water partition coefficient (Wildman–Crippen LogP) is 0.961. The van der Waals surface area contributed by atoms with Gasteiger partial charge in [0.1, 0.15) is 11.9 Å². The van der Waals surface area contributed by atoms with Crippen molar-refractivity contribution in [2.24, 2.45) is 5.73 Å². The molecule has 1 aliphatic heterocycles. The van der Waals surface area contributed by atoms with Crippen molar-refractivity contribution >= 4 is 23.5 Å². The first-order valence-electron chi connectivity index (χ1n) is 5.57. The number of carbonyl (C=O) groups excluding carboxylic acids is 1. The van der Waals surface area contributed by atoms with Crippen molar-refractivity contribution in [1.82, 2.24) is 9.97 Å². The highest BCUT2D eigenvalue weighted by atomic mass is 32.2. The SMILES string of the molecule is CSc1nc(C)cc(N2CCCC2C(N)=O)n1. The molecule has 1 amide bonds. The van der Waals surface area contributed by atoms with Gasteiger partial charge in [-0.2, -0.15) is 0 Å². The Balaban J connectivity index is 2.32. The van der Waals surface area contributed by atoms with E-state index in [0.717, 1.165) is 36.1 Å². The third kappa shape index (κ3) is 2.52. The van der Waals surface area contributed by atoms with Crippen LogP contribution in [0, 0.1) is 6.92 Å². The van der Waals surface area contributed by atoms with E-state index in [-0.39, 0.29) is 11.9 Å². The van der Waals surface area contributed by atoms with E-state index in [1.165, 1.54) is 11.8 Å². The van der Waals surface area contributed by atoms with Gasteiger partial charge >= 0.3 is 0 Å². The van der Waals surface area contributed by atoms with Crippen molar-refractivity contribution in [3.8, 4) is 0 Å². The first-order chi connectivity index (χ1) is 8.11.